The van der Waals surface area contributed by atoms with Crippen molar-refractivity contribution in [3.05, 3.63) is 11.8 Å². The van der Waals surface area contributed by atoms with Crippen LogP contribution in [0.25, 0.3) is 0 Å². The number of hydrogen-bond acceptors (Lipinski definition) is 6. The summed E-state index contributed by atoms with van der Waals surface area (Å²) in [5, 5.41) is 0. The second-order valence-electron chi connectivity index (χ2n) is 4.32. The maximum atomic E-state index is 11.6. The fourth-order valence-corrected chi connectivity index (χ4v) is 2.67. The van der Waals surface area contributed by atoms with Gasteiger partial charge in [-0.3, -0.25) is 4.79 Å². The van der Waals surface area contributed by atoms with Gasteiger partial charge in [0.1, 0.15) is 6.10 Å². The third-order valence-corrected chi connectivity index (χ3v) is 3.45. The zero-order chi connectivity index (χ0) is 12.0. The van der Waals surface area contributed by atoms with Crippen molar-refractivity contribution in [2.24, 2.45) is 11.8 Å². The van der Waals surface area contributed by atoms with Gasteiger partial charge in [0.2, 0.25) is 6.29 Å². The molecule has 4 unspecified atom stereocenters. The molecule has 3 rings (SSSR count). The largest absolute Gasteiger partial charge is 0.471 e. The van der Waals surface area contributed by atoms with Crippen molar-refractivity contribution < 1.29 is 28.5 Å². The highest BCUT2D eigenvalue weighted by Crippen LogP contribution is 2.43. The standard InChI is InChI=1S/C11H12O6/c1-14-10(13)6-3-15-11-9-5(6)2-8(12)17-7(9)4-16-11/h3,5,7,9,11H,2,4H2,1H3. The van der Waals surface area contributed by atoms with Crippen molar-refractivity contribution >= 4 is 11.9 Å². The van der Waals surface area contributed by atoms with Crippen LogP contribution in [-0.2, 0) is 28.5 Å². The van der Waals surface area contributed by atoms with Crippen molar-refractivity contribution in [2.75, 3.05) is 13.7 Å². The molecule has 0 amide bonds. The molecule has 3 heterocycles. The first-order valence-corrected chi connectivity index (χ1v) is 5.45. The molecule has 17 heavy (non-hydrogen) atoms. The fourth-order valence-electron chi connectivity index (χ4n) is 2.67. The van der Waals surface area contributed by atoms with E-state index in [1.54, 1.807) is 0 Å². The molecule has 2 fully saturated rings. The number of methoxy groups -OCH3 is 1. The minimum absolute atomic E-state index is 0.105. The summed E-state index contributed by atoms with van der Waals surface area (Å²) >= 11 is 0. The Labute approximate surface area is 97.5 Å². The summed E-state index contributed by atoms with van der Waals surface area (Å²) in [4.78, 5) is 23.1. The highest BCUT2D eigenvalue weighted by atomic mass is 16.7. The SMILES string of the molecule is COC(=O)C1=COC2OCC3OC(=O)CC1C32. The quantitative estimate of drug-likeness (QED) is 0.600. The van der Waals surface area contributed by atoms with Crippen molar-refractivity contribution in [1.82, 2.24) is 0 Å². The number of hydrogen-bond donors (Lipinski definition) is 0. The van der Waals surface area contributed by atoms with Gasteiger partial charge >= 0.3 is 11.9 Å². The lowest BCUT2D eigenvalue weighted by molar-refractivity contribution is -0.166. The predicted molar refractivity (Wildman–Crippen MR) is 52.4 cm³/mol. The van der Waals surface area contributed by atoms with Crippen LogP contribution in [-0.4, -0.2) is 38.0 Å². The number of rotatable bonds is 1. The molecule has 0 bridgehead atoms. The zero-order valence-electron chi connectivity index (χ0n) is 9.25. The van der Waals surface area contributed by atoms with Crippen LogP contribution in [0, 0.1) is 11.8 Å². The molecule has 6 heteroatoms. The Bertz CT molecular complexity index is 401. The molecule has 0 N–H and O–H groups in total. The van der Waals surface area contributed by atoms with E-state index in [4.69, 9.17) is 14.2 Å². The van der Waals surface area contributed by atoms with Crippen molar-refractivity contribution in [1.29, 1.82) is 0 Å². The zero-order valence-corrected chi connectivity index (χ0v) is 9.25. The first kappa shape index (κ1) is 10.6. The third-order valence-electron chi connectivity index (χ3n) is 3.45. The van der Waals surface area contributed by atoms with Crippen LogP contribution in [0.3, 0.4) is 0 Å². The van der Waals surface area contributed by atoms with Crippen LogP contribution in [0.5, 0.6) is 0 Å². The summed E-state index contributed by atoms with van der Waals surface area (Å²) in [5.74, 6) is -1.10. The van der Waals surface area contributed by atoms with E-state index in [1.807, 2.05) is 0 Å². The van der Waals surface area contributed by atoms with Gasteiger partial charge in [0, 0.05) is 5.92 Å². The highest BCUT2D eigenvalue weighted by Gasteiger charge is 2.53. The smallest absolute Gasteiger partial charge is 0.337 e. The minimum atomic E-state index is -0.464. The minimum Gasteiger partial charge on any atom is -0.471 e. The van der Waals surface area contributed by atoms with Gasteiger partial charge in [0.05, 0.1) is 37.9 Å². The summed E-state index contributed by atoms with van der Waals surface area (Å²) in [6.45, 7) is 0.319. The van der Waals surface area contributed by atoms with E-state index in [2.05, 4.69) is 4.74 Å². The topological polar surface area (TPSA) is 71.1 Å². The summed E-state index contributed by atoms with van der Waals surface area (Å²) in [6.07, 6.45) is 0.773. The van der Waals surface area contributed by atoms with Crippen molar-refractivity contribution in [3.63, 3.8) is 0 Å². The Kier molecular flexibility index (Phi) is 2.32. The number of carbonyl (C=O) groups excluding carboxylic acids is 2. The van der Waals surface area contributed by atoms with Crippen LogP contribution in [0.1, 0.15) is 6.42 Å². The van der Waals surface area contributed by atoms with E-state index in [1.165, 1.54) is 13.4 Å². The lowest BCUT2D eigenvalue weighted by Crippen LogP contribution is -2.45. The van der Waals surface area contributed by atoms with E-state index >= 15 is 0 Å². The molecule has 0 spiro atoms. The number of carbonyl (C=O) groups is 2. The normalized spacial score (nSPS) is 38.6. The molecule has 92 valence electrons. The van der Waals surface area contributed by atoms with Gasteiger partial charge in [-0.25, -0.2) is 4.79 Å². The summed E-state index contributed by atoms with van der Waals surface area (Å²) in [7, 11) is 1.30. The first-order valence-electron chi connectivity index (χ1n) is 5.45. The number of ether oxygens (including phenoxy) is 4. The van der Waals surface area contributed by atoms with Gasteiger partial charge in [-0.2, -0.15) is 0 Å². The Morgan fingerprint density at radius 2 is 2.35 bits per heavy atom. The maximum absolute atomic E-state index is 11.6. The fraction of sp³-hybridized carbons (Fsp3) is 0.636. The van der Waals surface area contributed by atoms with Gasteiger partial charge < -0.3 is 18.9 Å². The first-order chi connectivity index (χ1) is 8.20. The Balaban J connectivity index is 1.94. The lowest BCUT2D eigenvalue weighted by atomic mass is 9.78. The molecule has 0 aliphatic carbocycles. The molecule has 0 aromatic carbocycles. The molecule has 0 aromatic heterocycles. The van der Waals surface area contributed by atoms with Crippen molar-refractivity contribution in [3.8, 4) is 0 Å². The van der Waals surface area contributed by atoms with Crippen LogP contribution in [0.4, 0.5) is 0 Å². The van der Waals surface area contributed by atoms with Gasteiger partial charge in [-0.1, -0.05) is 0 Å². The van der Waals surface area contributed by atoms with E-state index < -0.39 is 12.3 Å². The highest BCUT2D eigenvalue weighted by molar-refractivity contribution is 5.90. The average molecular weight is 240 g/mol. The molecule has 0 aromatic rings. The Morgan fingerprint density at radius 3 is 3.12 bits per heavy atom. The van der Waals surface area contributed by atoms with Crippen molar-refractivity contribution in [2.45, 2.75) is 18.8 Å². The summed E-state index contributed by atoms with van der Waals surface area (Å²) in [5.41, 5.74) is 0.390. The molecular weight excluding hydrogens is 228 g/mol. The van der Waals surface area contributed by atoms with Gasteiger partial charge in [0.25, 0.3) is 0 Å². The Hall–Kier alpha value is -1.56. The van der Waals surface area contributed by atoms with Crippen LogP contribution in [0.15, 0.2) is 11.8 Å². The molecule has 2 saturated heterocycles. The molecule has 3 aliphatic heterocycles. The van der Waals surface area contributed by atoms with Gasteiger partial charge in [-0.15, -0.1) is 0 Å². The lowest BCUT2D eigenvalue weighted by Gasteiger charge is -2.37. The average Bonchev–Trinajstić information content (AvgIpc) is 2.73. The molecular formula is C11H12O6. The van der Waals surface area contributed by atoms with E-state index in [-0.39, 0.29) is 30.3 Å². The molecule has 4 atom stereocenters. The second-order valence-corrected chi connectivity index (χ2v) is 4.32. The summed E-state index contributed by atoms with van der Waals surface area (Å²) < 4.78 is 20.6. The Morgan fingerprint density at radius 1 is 1.53 bits per heavy atom. The third kappa shape index (κ3) is 1.51. The summed E-state index contributed by atoms with van der Waals surface area (Å²) in [6, 6.07) is 0. The monoisotopic (exact) mass is 240 g/mol. The second kappa shape index (κ2) is 3.73. The molecule has 6 nitrogen and oxygen atoms in total. The van der Waals surface area contributed by atoms with E-state index in [9.17, 15) is 9.59 Å². The van der Waals surface area contributed by atoms with Crippen LogP contribution in [0.2, 0.25) is 0 Å². The van der Waals surface area contributed by atoms with Crippen LogP contribution < -0.4 is 0 Å². The maximum Gasteiger partial charge on any atom is 0.337 e. The molecule has 0 saturated carbocycles. The number of esters is 2. The predicted octanol–water partition coefficient (Wildman–Crippen LogP) is -0.0223. The van der Waals surface area contributed by atoms with E-state index in [0.29, 0.717) is 12.2 Å². The van der Waals surface area contributed by atoms with Gasteiger partial charge in [0.15, 0.2) is 0 Å². The van der Waals surface area contributed by atoms with Crippen LogP contribution >= 0.6 is 0 Å². The molecule has 0 radical (unpaired) electrons. The molecule has 3 aliphatic rings. The van der Waals surface area contributed by atoms with E-state index in [0.717, 1.165) is 0 Å². The van der Waals surface area contributed by atoms with Gasteiger partial charge in [-0.05, 0) is 0 Å².